The van der Waals surface area contributed by atoms with E-state index in [9.17, 15) is 4.79 Å². The lowest BCUT2D eigenvalue weighted by Crippen LogP contribution is -2.32. The van der Waals surface area contributed by atoms with Gasteiger partial charge in [0.05, 0.1) is 0 Å². The van der Waals surface area contributed by atoms with Gasteiger partial charge in [0.15, 0.2) is 0 Å². The van der Waals surface area contributed by atoms with Gasteiger partial charge in [-0.2, -0.15) is 0 Å². The number of hydrogen-bond donors (Lipinski definition) is 3. The average Bonchev–Trinajstić information content (AvgIpc) is 1.85. The second-order valence-corrected chi connectivity index (χ2v) is 2.41. The molecule has 3 N–H and O–H groups in total. The Kier molecular flexibility index (Phi) is 2.33. The fourth-order valence-electron chi connectivity index (χ4n) is 0.678. The van der Waals surface area contributed by atoms with Crippen LogP contribution in [0.2, 0.25) is 5.15 Å². The van der Waals surface area contributed by atoms with Gasteiger partial charge in [0, 0.05) is 6.07 Å². The molecule has 58 valence electrons. The number of aromatic amines is 1. The van der Waals surface area contributed by atoms with E-state index in [-0.39, 0.29) is 10.6 Å². The van der Waals surface area contributed by atoms with Crippen LogP contribution >= 0.6 is 11.6 Å². The zero-order valence-electron chi connectivity index (χ0n) is 5.41. The normalized spacial score (nSPS) is 9.73. The zero-order chi connectivity index (χ0) is 8.43. The van der Waals surface area contributed by atoms with Crippen LogP contribution in [0.5, 0.6) is 0 Å². The molecule has 1 aromatic rings. The van der Waals surface area contributed by atoms with Crippen LogP contribution in [0.15, 0.2) is 16.9 Å². The molecule has 1 heterocycles. The number of aromatic nitrogens is 1. The molecule has 0 radical (unpaired) electrons. The van der Waals surface area contributed by atoms with Gasteiger partial charge in [0.2, 0.25) is 5.56 Å². The molecule has 0 fully saturated rings. The Morgan fingerprint density at radius 2 is 2.09 bits per heavy atom. The van der Waals surface area contributed by atoms with Crippen LogP contribution in [0, 0.1) is 0 Å². The Balaban J connectivity index is 3.19. The van der Waals surface area contributed by atoms with Gasteiger partial charge < -0.3 is 15.0 Å². The van der Waals surface area contributed by atoms with E-state index in [0.717, 1.165) is 6.07 Å². The second-order valence-electron chi connectivity index (χ2n) is 2.00. The highest BCUT2D eigenvalue weighted by Crippen LogP contribution is 1.95. The predicted octanol–water partition coefficient (Wildman–Crippen LogP) is -1.29. The van der Waals surface area contributed by atoms with Gasteiger partial charge in [-0.05, 0) is 11.5 Å². The van der Waals surface area contributed by atoms with Crippen molar-refractivity contribution < 1.29 is 10.0 Å². The lowest BCUT2D eigenvalue weighted by Gasteiger charge is -1.97. The molecule has 0 aliphatic carbocycles. The maximum absolute atomic E-state index is 10.7. The van der Waals surface area contributed by atoms with Gasteiger partial charge in [-0.3, -0.25) is 4.79 Å². The molecule has 0 spiro atoms. The van der Waals surface area contributed by atoms with E-state index in [2.05, 4.69) is 4.98 Å². The van der Waals surface area contributed by atoms with Crippen molar-refractivity contribution in [2.75, 3.05) is 0 Å². The first kappa shape index (κ1) is 8.32. The highest BCUT2D eigenvalue weighted by atomic mass is 35.5. The summed E-state index contributed by atoms with van der Waals surface area (Å²) in [5.74, 6) is 0. The molecule has 1 rings (SSSR count). The highest BCUT2D eigenvalue weighted by molar-refractivity contribution is 6.58. The zero-order valence-corrected chi connectivity index (χ0v) is 6.17. The first-order valence-electron chi connectivity index (χ1n) is 2.85. The summed E-state index contributed by atoms with van der Waals surface area (Å²) in [7, 11) is -1.66. The highest BCUT2D eigenvalue weighted by Gasteiger charge is 2.11. The minimum absolute atomic E-state index is 0.0822. The van der Waals surface area contributed by atoms with Crippen LogP contribution in [-0.2, 0) is 0 Å². The summed E-state index contributed by atoms with van der Waals surface area (Å²) < 4.78 is 0. The number of H-pyrrole nitrogens is 1. The van der Waals surface area contributed by atoms with Crippen molar-refractivity contribution in [2.24, 2.45) is 0 Å². The molecule has 0 aromatic carbocycles. The largest absolute Gasteiger partial charge is 0.488 e. The summed E-state index contributed by atoms with van der Waals surface area (Å²) in [6, 6.07) is 2.34. The minimum Gasteiger partial charge on any atom is -0.423 e. The number of rotatable bonds is 1. The van der Waals surface area contributed by atoms with Crippen LogP contribution in [0.4, 0.5) is 0 Å². The van der Waals surface area contributed by atoms with E-state index in [0.29, 0.717) is 0 Å². The van der Waals surface area contributed by atoms with Crippen LogP contribution < -0.4 is 11.0 Å². The average molecular weight is 173 g/mol. The number of nitrogens with one attached hydrogen (secondary N) is 1. The lowest BCUT2D eigenvalue weighted by molar-refractivity contribution is 0.425. The van der Waals surface area contributed by atoms with E-state index in [1.807, 2.05) is 0 Å². The number of pyridine rings is 1. The first-order chi connectivity index (χ1) is 5.09. The van der Waals surface area contributed by atoms with E-state index >= 15 is 0 Å². The molecule has 0 saturated heterocycles. The van der Waals surface area contributed by atoms with Crippen molar-refractivity contribution in [1.29, 1.82) is 0 Å². The molecule has 11 heavy (non-hydrogen) atoms. The van der Waals surface area contributed by atoms with E-state index in [4.69, 9.17) is 21.6 Å². The van der Waals surface area contributed by atoms with Gasteiger partial charge in [0.1, 0.15) is 5.15 Å². The molecule has 0 aliphatic rings. The van der Waals surface area contributed by atoms with Crippen molar-refractivity contribution in [3.63, 3.8) is 0 Å². The fraction of sp³-hybridized carbons (Fsp3) is 0. The number of halogens is 1. The maximum atomic E-state index is 10.7. The molecule has 6 heteroatoms. The molecule has 0 bridgehead atoms. The molecule has 4 nitrogen and oxygen atoms in total. The molecule has 0 aliphatic heterocycles. The lowest BCUT2D eigenvalue weighted by atomic mass is 9.81. The summed E-state index contributed by atoms with van der Waals surface area (Å²) in [6.45, 7) is 0. The van der Waals surface area contributed by atoms with Gasteiger partial charge in [-0.15, -0.1) is 0 Å². The van der Waals surface area contributed by atoms with E-state index < -0.39 is 12.7 Å². The van der Waals surface area contributed by atoms with Gasteiger partial charge >= 0.3 is 7.12 Å². The van der Waals surface area contributed by atoms with Crippen molar-refractivity contribution in [3.05, 3.63) is 27.6 Å². The summed E-state index contributed by atoms with van der Waals surface area (Å²) in [4.78, 5) is 12.9. The third-order valence-corrected chi connectivity index (χ3v) is 1.34. The fourth-order valence-corrected chi connectivity index (χ4v) is 0.897. The Labute approximate surface area is 67.6 Å². The molecular formula is C5H5BClNO3. The van der Waals surface area contributed by atoms with Gasteiger partial charge in [0.25, 0.3) is 0 Å². The molecule has 0 atom stereocenters. The Bertz CT molecular complexity index is 311. The van der Waals surface area contributed by atoms with Gasteiger partial charge in [-0.1, -0.05) is 11.6 Å². The Hall–Kier alpha value is -0.775. The van der Waals surface area contributed by atoms with Crippen LogP contribution in [0.3, 0.4) is 0 Å². The topological polar surface area (TPSA) is 73.3 Å². The summed E-state index contributed by atoms with van der Waals surface area (Å²) >= 11 is 5.42. The monoisotopic (exact) mass is 173 g/mol. The van der Waals surface area contributed by atoms with Crippen molar-refractivity contribution >= 4 is 24.2 Å². The quantitative estimate of drug-likeness (QED) is 0.365. The van der Waals surface area contributed by atoms with Crippen LogP contribution in [0.25, 0.3) is 0 Å². The van der Waals surface area contributed by atoms with Crippen molar-refractivity contribution in [2.45, 2.75) is 0 Å². The van der Waals surface area contributed by atoms with Crippen molar-refractivity contribution in [3.8, 4) is 0 Å². The number of hydrogen-bond acceptors (Lipinski definition) is 3. The standard InChI is InChI=1S/C5H5BClNO3/c7-4-1-3(6(10)11)2-5(9)8-4/h1-2,10-11H,(H,8,9). The third kappa shape index (κ3) is 2.08. The summed E-state index contributed by atoms with van der Waals surface area (Å²) in [6.07, 6.45) is 0. The summed E-state index contributed by atoms with van der Waals surface area (Å²) in [5.41, 5.74) is -0.376. The molecule has 1 aromatic heterocycles. The Morgan fingerprint density at radius 3 is 2.55 bits per heavy atom. The second kappa shape index (κ2) is 3.08. The Morgan fingerprint density at radius 1 is 1.45 bits per heavy atom. The van der Waals surface area contributed by atoms with E-state index in [1.165, 1.54) is 6.07 Å². The molecule has 0 unspecified atom stereocenters. The van der Waals surface area contributed by atoms with Crippen LogP contribution in [0.1, 0.15) is 0 Å². The van der Waals surface area contributed by atoms with Crippen molar-refractivity contribution in [1.82, 2.24) is 4.98 Å². The molecule has 0 saturated carbocycles. The summed E-state index contributed by atoms with van der Waals surface area (Å²) in [5, 5.41) is 17.3. The molecule has 0 amide bonds. The van der Waals surface area contributed by atoms with E-state index in [1.54, 1.807) is 0 Å². The van der Waals surface area contributed by atoms with Crippen LogP contribution in [-0.4, -0.2) is 22.2 Å². The minimum atomic E-state index is -1.66. The smallest absolute Gasteiger partial charge is 0.423 e. The first-order valence-corrected chi connectivity index (χ1v) is 3.23. The third-order valence-electron chi connectivity index (χ3n) is 1.13. The SMILES string of the molecule is O=c1cc(B(O)O)cc(Cl)[nH]1. The maximum Gasteiger partial charge on any atom is 0.488 e. The van der Waals surface area contributed by atoms with Gasteiger partial charge in [-0.25, -0.2) is 0 Å². The predicted molar refractivity (Wildman–Crippen MR) is 41.9 cm³/mol. The molecular weight excluding hydrogens is 168 g/mol.